The van der Waals surface area contributed by atoms with E-state index in [0.29, 0.717) is 0 Å². The summed E-state index contributed by atoms with van der Waals surface area (Å²) in [5.41, 5.74) is 0. The fourth-order valence-corrected chi connectivity index (χ4v) is 10.1. The zero-order valence-electron chi connectivity index (χ0n) is 10.0. The second kappa shape index (κ2) is 7.03. The second-order valence-corrected chi connectivity index (χ2v) is 13.1. The van der Waals surface area contributed by atoms with Gasteiger partial charge in [0.1, 0.15) is 0 Å². The van der Waals surface area contributed by atoms with E-state index in [-0.39, 0.29) is 0 Å². The molecule has 0 atom stereocenters. The maximum absolute atomic E-state index is 2.56. The van der Waals surface area contributed by atoms with Gasteiger partial charge in [0, 0.05) is 0 Å². The summed E-state index contributed by atoms with van der Waals surface area (Å²) in [7, 11) is 6.79. The minimum atomic E-state index is -1.76. The molecule has 0 saturated heterocycles. The van der Waals surface area contributed by atoms with Crippen LogP contribution in [0, 0.1) is 0 Å². The maximum atomic E-state index is 2.56. The van der Waals surface area contributed by atoms with E-state index in [1.807, 2.05) is 0 Å². The third kappa shape index (κ3) is 4.14. The van der Waals surface area contributed by atoms with Crippen LogP contribution >= 0.6 is 0 Å². The Hall–Kier alpha value is 0.679. The van der Waals surface area contributed by atoms with Crippen molar-refractivity contribution in [3.8, 4) is 0 Å². The van der Waals surface area contributed by atoms with E-state index in [9.17, 15) is 0 Å². The summed E-state index contributed by atoms with van der Waals surface area (Å²) in [6.07, 6.45) is 0. The molecule has 0 aliphatic heterocycles. The van der Waals surface area contributed by atoms with Crippen molar-refractivity contribution >= 4 is 20.6 Å². The Balaban J connectivity index is 4.34. The average molecular weight is 294 g/mol. The molecule has 0 aliphatic carbocycles. The van der Waals surface area contributed by atoms with Gasteiger partial charge in [-0.25, -0.2) is 0 Å². The summed E-state index contributed by atoms with van der Waals surface area (Å²) < 4.78 is 7.69. The number of rotatable bonds is 6. The molecule has 0 unspecified atom stereocenters. The van der Waals surface area contributed by atoms with E-state index in [1.54, 1.807) is 0 Å². The van der Waals surface area contributed by atoms with Crippen LogP contribution in [0.1, 0.15) is 20.8 Å². The van der Waals surface area contributed by atoms with Gasteiger partial charge < -0.3 is 0 Å². The van der Waals surface area contributed by atoms with Crippen LogP contribution < -0.4 is 0 Å². The van der Waals surface area contributed by atoms with Gasteiger partial charge in [0.15, 0.2) is 0 Å². The first-order chi connectivity index (χ1) is 6.08. The van der Waals surface area contributed by atoms with Gasteiger partial charge in [0.25, 0.3) is 0 Å². The Kier molecular flexibility index (Phi) is 7.40. The zero-order chi connectivity index (χ0) is 10.4. The van der Waals surface area contributed by atoms with Crippen LogP contribution in [0.3, 0.4) is 0 Å². The van der Waals surface area contributed by atoms with Crippen molar-refractivity contribution in [3.63, 3.8) is 0 Å². The second-order valence-electron chi connectivity index (χ2n) is 3.57. The van der Waals surface area contributed by atoms with Gasteiger partial charge >= 0.3 is 91.5 Å². The van der Waals surface area contributed by atoms with Gasteiger partial charge in [0.2, 0.25) is 0 Å². The molecular formula is C9H25N3Sn. The van der Waals surface area contributed by atoms with Crippen molar-refractivity contribution in [1.29, 1.82) is 0 Å². The Bertz CT molecular complexity index is 108. The normalized spacial score (nSPS) is 12.5. The molecule has 3 nitrogen and oxygen atoms in total. The Morgan fingerprint density at radius 3 is 1.08 bits per heavy atom. The van der Waals surface area contributed by atoms with Gasteiger partial charge in [-0.3, -0.25) is 0 Å². The zero-order valence-corrected chi connectivity index (χ0v) is 13.3. The third-order valence-corrected chi connectivity index (χ3v) is 12.6. The summed E-state index contributed by atoms with van der Waals surface area (Å²) in [5, 5.41) is 0. The summed E-state index contributed by atoms with van der Waals surface area (Å²) in [6, 6.07) is 0. The van der Waals surface area contributed by atoms with Gasteiger partial charge in [0.05, 0.1) is 0 Å². The van der Waals surface area contributed by atoms with Gasteiger partial charge in [-0.1, -0.05) is 0 Å². The first-order valence-corrected chi connectivity index (χ1v) is 9.61. The van der Waals surface area contributed by atoms with E-state index in [2.05, 4.69) is 51.3 Å². The third-order valence-electron chi connectivity index (χ3n) is 2.68. The molecular weight excluding hydrogens is 269 g/mol. The van der Waals surface area contributed by atoms with Gasteiger partial charge in [-0.15, -0.1) is 0 Å². The summed E-state index contributed by atoms with van der Waals surface area (Å²) in [4.78, 5) is 0. The molecule has 80 valence electrons. The van der Waals surface area contributed by atoms with Crippen LogP contribution in [0.2, 0.25) is 0 Å². The van der Waals surface area contributed by atoms with Crippen LogP contribution in [-0.2, 0) is 0 Å². The number of hydrogen-bond acceptors (Lipinski definition) is 3. The molecule has 0 rings (SSSR count). The molecule has 0 N–H and O–H groups in total. The number of nitrogens with zero attached hydrogens (tertiary/aromatic N) is 3. The fourth-order valence-electron chi connectivity index (χ4n) is 1.50. The fraction of sp³-hybridized carbons (Fsp3) is 1.00. The molecule has 0 fully saturated rings. The summed E-state index contributed by atoms with van der Waals surface area (Å²) >= 11 is -1.76. The van der Waals surface area contributed by atoms with E-state index in [4.69, 9.17) is 0 Å². The van der Waals surface area contributed by atoms with Crippen molar-refractivity contribution in [2.75, 3.05) is 40.8 Å². The standard InChI is InChI=1S/3C3H8N.Sn.H/c3*1-3-4-2;;/h3*3H2,1-2H3;;/q3*-1;+3;. The molecule has 0 aromatic carbocycles. The van der Waals surface area contributed by atoms with Crippen molar-refractivity contribution in [3.05, 3.63) is 0 Å². The molecule has 0 heterocycles. The molecule has 0 bridgehead atoms. The molecule has 0 aromatic rings. The predicted molar refractivity (Wildman–Crippen MR) is 62.1 cm³/mol. The van der Waals surface area contributed by atoms with E-state index < -0.39 is 20.6 Å². The molecule has 0 saturated carbocycles. The Labute approximate surface area is 91.5 Å². The predicted octanol–water partition coefficient (Wildman–Crippen LogP) is 0.559. The molecule has 0 aliphatic rings. The SMILES string of the molecule is CC[N](C)[SnH]([N](C)CC)[N](C)CC. The summed E-state index contributed by atoms with van der Waals surface area (Å²) in [5.74, 6) is 0. The van der Waals surface area contributed by atoms with Crippen molar-refractivity contribution in [2.45, 2.75) is 20.8 Å². The summed E-state index contributed by atoms with van der Waals surface area (Å²) in [6.45, 7) is 10.3. The van der Waals surface area contributed by atoms with Crippen molar-refractivity contribution in [1.82, 2.24) is 9.36 Å². The molecule has 0 amide bonds. The van der Waals surface area contributed by atoms with Gasteiger partial charge in [-0.05, 0) is 0 Å². The number of hydrogen-bond donors (Lipinski definition) is 0. The van der Waals surface area contributed by atoms with E-state index in [1.165, 1.54) is 19.6 Å². The first kappa shape index (κ1) is 13.7. The van der Waals surface area contributed by atoms with Crippen LogP contribution in [0.5, 0.6) is 0 Å². The monoisotopic (exact) mass is 295 g/mol. The van der Waals surface area contributed by atoms with E-state index in [0.717, 1.165) is 0 Å². The first-order valence-electron chi connectivity index (χ1n) is 5.19. The topological polar surface area (TPSA) is 9.72 Å². The molecule has 0 spiro atoms. The quantitative estimate of drug-likeness (QED) is 0.663. The van der Waals surface area contributed by atoms with Crippen LogP contribution in [0.15, 0.2) is 0 Å². The molecule has 4 heteroatoms. The minimum absolute atomic E-state index is 1.18. The van der Waals surface area contributed by atoms with Crippen LogP contribution in [0.25, 0.3) is 0 Å². The van der Waals surface area contributed by atoms with Crippen molar-refractivity contribution < 1.29 is 0 Å². The van der Waals surface area contributed by atoms with Gasteiger partial charge in [-0.2, -0.15) is 0 Å². The van der Waals surface area contributed by atoms with E-state index >= 15 is 0 Å². The molecule has 0 radical (unpaired) electrons. The Morgan fingerprint density at radius 1 is 0.692 bits per heavy atom. The van der Waals surface area contributed by atoms with Crippen LogP contribution in [-0.4, -0.2) is 70.7 Å². The molecule has 0 aromatic heterocycles. The molecule has 13 heavy (non-hydrogen) atoms. The van der Waals surface area contributed by atoms with Crippen LogP contribution in [0.4, 0.5) is 0 Å². The van der Waals surface area contributed by atoms with Crippen molar-refractivity contribution in [2.24, 2.45) is 0 Å². The Morgan fingerprint density at radius 2 is 0.923 bits per heavy atom. The average Bonchev–Trinajstić information content (AvgIpc) is 2.16.